The van der Waals surface area contributed by atoms with Crippen molar-refractivity contribution in [2.24, 2.45) is 0 Å². The van der Waals surface area contributed by atoms with Crippen LogP contribution in [0.2, 0.25) is 0 Å². The molecule has 2 rings (SSSR count). The lowest BCUT2D eigenvalue weighted by molar-refractivity contribution is 0.0963. The summed E-state index contributed by atoms with van der Waals surface area (Å²) in [5.74, 6) is -0.152. The first-order chi connectivity index (χ1) is 9.61. The van der Waals surface area contributed by atoms with Crippen molar-refractivity contribution in [1.29, 1.82) is 0 Å². The molecular formula is C15H18N4O. The lowest BCUT2D eigenvalue weighted by atomic mass is 10.1. The molecule has 0 aliphatic carbocycles. The molecule has 104 valence electrons. The van der Waals surface area contributed by atoms with Crippen molar-refractivity contribution < 1.29 is 4.79 Å². The molecule has 1 aromatic heterocycles. The third kappa shape index (κ3) is 3.06. The van der Waals surface area contributed by atoms with Crippen molar-refractivity contribution in [3.63, 3.8) is 0 Å². The fourth-order valence-corrected chi connectivity index (χ4v) is 1.92. The molecule has 0 bridgehead atoms. The molecule has 0 fully saturated rings. The third-order valence-electron chi connectivity index (χ3n) is 3.04. The third-order valence-corrected chi connectivity index (χ3v) is 3.04. The number of aromatic nitrogens is 1. The first-order valence-corrected chi connectivity index (χ1v) is 6.41. The van der Waals surface area contributed by atoms with Gasteiger partial charge in [-0.1, -0.05) is 6.07 Å². The highest BCUT2D eigenvalue weighted by atomic mass is 16.1. The topological polar surface area (TPSA) is 80.0 Å². The molecule has 1 aromatic carbocycles. The maximum absolute atomic E-state index is 11.5. The number of nitrogens with zero attached hydrogens (tertiary/aromatic N) is 1. The van der Waals surface area contributed by atoms with E-state index in [4.69, 9.17) is 5.73 Å². The number of nitrogens with two attached hydrogens (primary N) is 1. The Morgan fingerprint density at radius 1 is 1.30 bits per heavy atom. The van der Waals surface area contributed by atoms with E-state index in [1.807, 2.05) is 25.1 Å². The highest BCUT2D eigenvalue weighted by Gasteiger charge is 2.10. The van der Waals surface area contributed by atoms with Gasteiger partial charge in [-0.2, -0.15) is 0 Å². The van der Waals surface area contributed by atoms with Gasteiger partial charge in [-0.05, 0) is 37.3 Å². The number of carbonyl (C=O) groups is 1. The summed E-state index contributed by atoms with van der Waals surface area (Å²) in [7, 11) is 1.59. The Labute approximate surface area is 118 Å². The summed E-state index contributed by atoms with van der Waals surface area (Å²) in [5, 5.41) is 5.86. The molecule has 1 unspecified atom stereocenters. The fraction of sp³-hybridized carbons (Fsp3) is 0.200. The van der Waals surface area contributed by atoms with Gasteiger partial charge < -0.3 is 16.4 Å². The predicted octanol–water partition coefficient (Wildman–Crippen LogP) is 2.20. The number of amides is 1. The Morgan fingerprint density at radius 2 is 2.10 bits per heavy atom. The van der Waals surface area contributed by atoms with E-state index in [2.05, 4.69) is 15.6 Å². The van der Waals surface area contributed by atoms with Gasteiger partial charge in [0.25, 0.3) is 5.91 Å². The van der Waals surface area contributed by atoms with Crippen LogP contribution in [-0.2, 0) is 0 Å². The molecule has 0 saturated heterocycles. The maximum Gasteiger partial charge on any atom is 0.251 e. The molecule has 0 spiro atoms. The monoisotopic (exact) mass is 270 g/mol. The molecule has 0 aliphatic heterocycles. The molecule has 4 N–H and O–H groups in total. The van der Waals surface area contributed by atoms with Crippen molar-refractivity contribution in [3.8, 4) is 0 Å². The van der Waals surface area contributed by atoms with Crippen LogP contribution in [-0.4, -0.2) is 17.9 Å². The summed E-state index contributed by atoms with van der Waals surface area (Å²) in [6, 6.07) is 11.0. The van der Waals surface area contributed by atoms with Crippen LogP contribution < -0.4 is 16.4 Å². The standard InChI is InChI=1S/C15H18N4O/c1-10(13-5-3-4-8-18-13)19-14-7-6-11(9-12(14)16)15(20)17-2/h3-10,19H,16H2,1-2H3,(H,17,20). The van der Waals surface area contributed by atoms with Crippen LogP contribution >= 0.6 is 0 Å². The van der Waals surface area contributed by atoms with Crippen molar-refractivity contribution in [2.75, 3.05) is 18.1 Å². The lowest BCUT2D eigenvalue weighted by Gasteiger charge is -2.16. The first-order valence-electron chi connectivity index (χ1n) is 6.41. The van der Waals surface area contributed by atoms with Gasteiger partial charge >= 0.3 is 0 Å². The number of nitrogens with one attached hydrogen (secondary N) is 2. The Kier molecular flexibility index (Phi) is 4.20. The highest BCUT2D eigenvalue weighted by molar-refractivity contribution is 5.95. The minimum absolute atomic E-state index is 0.0318. The summed E-state index contributed by atoms with van der Waals surface area (Å²) in [6.45, 7) is 2.01. The van der Waals surface area contributed by atoms with Crippen LogP contribution in [0.15, 0.2) is 42.6 Å². The molecule has 2 aromatic rings. The molecule has 20 heavy (non-hydrogen) atoms. The normalized spacial score (nSPS) is 11.7. The largest absolute Gasteiger partial charge is 0.397 e. The minimum Gasteiger partial charge on any atom is -0.397 e. The average molecular weight is 270 g/mol. The van der Waals surface area contributed by atoms with E-state index in [0.717, 1.165) is 11.4 Å². The van der Waals surface area contributed by atoms with Crippen LogP contribution in [0.4, 0.5) is 11.4 Å². The van der Waals surface area contributed by atoms with Gasteiger partial charge in [-0.15, -0.1) is 0 Å². The van der Waals surface area contributed by atoms with Gasteiger partial charge in [0.05, 0.1) is 23.1 Å². The van der Waals surface area contributed by atoms with Crippen molar-refractivity contribution in [1.82, 2.24) is 10.3 Å². The van der Waals surface area contributed by atoms with Gasteiger partial charge in [0, 0.05) is 18.8 Å². The zero-order chi connectivity index (χ0) is 14.5. The van der Waals surface area contributed by atoms with Gasteiger partial charge in [-0.3, -0.25) is 9.78 Å². The SMILES string of the molecule is CNC(=O)c1ccc(NC(C)c2ccccn2)c(N)c1. The van der Waals surface area contributed by atoms with E-state index in [9.17, 15) is 4.79 Å². The zero-order valence-electron chi connectivity index (χ0n) is 11.6. The quantitative estimate of drug-likeness (QED) is 0.744. The number of carbonyl (C=O) groups excluding carboxylic acids is 1. The van der Waals surface area contributed by atoms with Gasteiger partial charge in [0.2, 0.25) is 0 Å². The molecule has 0 aliphatic rings. The van der Waals surface area contributed by atoms with Crippen LogP contribution in [0.25, 0.3) is 0 Å². The highest BCUT2D eigenvalue weighted by Crippen LogP contribution is 2.24. The van der Waals surface area contributed by atoms with E-state index in [1.54, 1.807) is 31.4 Å². The van der Waals surface area contributed by atoms with Gasteiger partial charge in [-0.25, -0.2) is 0 Å². The molecule has 0 saturated carbocycles. The summed E-state index contributed by atoms with van der Waals surface area (Å²) < 4.78 is 0. The Morgan fingerprint density at radius 3 is 2.70 bits per heavy atom. The summed E-state index contributed by atoms with van der Waals surface area (Å²) in [6.07, 6.45) is 1.76. The summed E-state index contributed by atoms with van der Waals surface area (Å²) >= 11 is 0. The van der Waals surface area contributed by atoms with Crippen molar-refractivity contribution in [2.45, 2.75) is 13.0 Å². The molecule has 1 atom stereocenters. The Bertz CT molecular complexity index is 598. The number of nitrogen functional groups attached to an aromatic ring is 1. The summed E-state index contributed by atoms with van der Waals surface area (Å²) in [5.41, 5.74) is 8.78. The number of rotatable bonds is 4. The minimum atomic E-state index is -0.152. The number of benzene rings is 1. The molecule has 1 amide bonds. The second kappa shape index (κ2) is 6.06. The van der Waals surface area contributed by atoms with Crippen molar-refractivity contribution >= 4 is 17.3 Å². The number of pyridine rings is 1. The molecule has 5 heteroatoms. The van der Waals surface area contributed by atoms with Gasteiger partial charge in [0.15, 0.2) is 0 Å². The second-order valence-electron chi connectivity index (χ2n) is 4.50. The number of anilines is 2. The maximum atomic E-state index is 11.5. The zero-order valence-corrected chi connectivity index (χ0v) is 11.6. The van der Waals surface area contributed by atoms with Crippen LogP contribution in [0, 0.1) is 0 Å². The van der Waals surface area contributed by atoms with Gasteiger partial charge in [0.1, 0.15) is 0 Å². The number of hydrogen-bond acceptors (Lipinski definition) is 4. The van der Waals surface area contributed by atoms with E-state index >= 15 is 0 Å². The predicted molar refractivity (Wildman–Crippen MR) is 80.5 cm³/mol. The van der Waals surface area contributed by atoms with E-state index in [0.29, 0.717) is 11.3 Å². The Hall–Kier alpha value is -2.56. The molecule has 0 radical (unpaired) electrons. The Balaban J connectivity index is 2.16. The molecular weight excluding hydrogens is 252 g/mol. The number of hydrogen-bond donors (Lipinski definition) is 3. The van der Waals surface area contributed by atoms with Crippen LogP contribution in [0.3, 0.4) is 0 Å². The van der Waals surface area contributed by atoms with E-state index < -0.39 is 0 Å². The van der Waals surface area contributed by atoms with E-state index in [1.165, 1.54) is 0 Å². The lowest BCUT2D eigenvalue weighted by Crippen LogP contribution is -2.18. The van der Waals surface area contributed by atoms with Crippen molar-refractivity contribution in [3.05, 3.63) is 53.9 Å². The van der Waals surface area contributed by atoms with E-state index in [-0.39, 0.29) is 11.9 Å². The summed E-state index contributed by atoms with van der Waals surface area (Å²) in [4.78, 5) is 15.8. The smallest absolute Gasteiger partial charge is 0.251 e. The second-order valence-corrected chi connectivity index (χ2v) is 4.50. The molecule has 1 heterocycles. The average Bonchev–Trinajstić information content (AvgIpc) is 2.49. The molecule has 5 nitrogen and oxygen atoms in total. The van der Waals surface area contributed by atoms with Crippen LogP contribution in [0.1, 0.15) is 29.0 Å². The first kappa shape index (κ1) is 13.9. The fourth-order valence-electron chi connectivity index (χ4n) is 1.92. The van der Waals surface area contributed by atoms with Crippen LogP contribution in [0.5, 0.6) is 0 Å².